The van der Waals surface area contributed by atoms with E-state index in [0.29, 0.717) is 67.4 Å². The molecule has 5 aliphatic carbocycles. The number of benzene rings is 1. The maximum Gasteiger partial charge on any atom is 0.524 e. The Bertz CT molecular complexity index is 2060. The van der Waals surface area contributed by atoms with Crippen molar-refractivity contribution in [3.8, 4) is 5.75 Å². The summed E-state index contributed by atoms with van der Waals surface area (Å²) < 4.78 is 22.2. The lowest BCUT2D eigenvalue weighted by Crippen LogP contribution is -2.51. The van der Waals surface area contributed by atoms with Crippen molar-refractivity contribution in [1.82, 2.24) is 10.6 Å². The zero-order valence-corrected chi connectivity index (χ0v) is 43.9. The van der Waals surface area contributed by atoms with E-state index in [0.717, 1.165) is 49.4 Å². The number of allylic oxidation sites excluding steroid dienone is 1. The summed E-state index contributed by atoms with van der Waals surface area (Å²) in [6, 6.07) is 4.62. The van der Waals surface area contributed by atoms with Crippen LogP contribution in [0.25, 0.3) is 0 Å². The lowest BCUT2D eigenvalue weighted by Gasteiger charge is -2.58. The second-order valence-corrected chi connectivity index (χ2v) is 24.5. The summed E-state index contributed by atoms with van der Waals surface area (Å²) in [6.45, 7) is 14.6. The fourth-order valence-corrected chi connectivity index (χ4v) is 14.4. The van der Waals surface area contributed by atoms with Crippen molar-refractivity contribution < 1.29 is 52.7 Å². The highest BCUT2D eigenvalue weighted by atomic mass is 31.2. The smallest absolute Gasteiger partial charge is 0.481 e. The van der Waals surface area contributed by atoms with E-state index in [9.17, 15) is 43.4 Å². The first-order valence-electron chi connectivity index (χ1n) is 26.9. The largest absolute Gasteiger partial charge is 0.524 e. The number of nitrogens with one attached hydrogen (secondary N) is 2. The van der Waals surface area contributed by atoms with Crippen LogP contribution in [0.1, 0.15) is 176 Å². The van der Waals surface area contributed by atoms with E-state index in [2.05, 4.69) is 62.8 Å². The molecule has 15 heteroatoms. The molecule has 5 aliphatic rings. The van der Waals surface area contributed by atoms with Crippen LogP contribution >= 0.6 is 7.82 Å². The topological polar surface area (TPSA) is 232 Å². The highest BCUT2D eigenvalue weighted by Crippen LogP contribution is 2.67. The van der Waals surface area contributed by atoms with Crippen LogP contribution in [0, 0.1) is 64.1 Å². The molecule has 0 saturated heterocycles. The van der Waals surface area contributed by atoms with Gasteiger partial charge in [-0.2, -0.15) is 0 Å². The van der Waals surface area contributed by atoms with Crippen molar-refractivity contribution >= 4 is 37.4 Å². The second kappa shape index (κ2) is 24.4. The molecule has 13 atom stereocenters. The maximum atomic E-state index is 14.0. The van der Waals surface area contributed by atoms with E-state index in [4.69, 9.17) is 10.5 Å². The van der Waals surface area contributed by atoms with Gasteiger partial charge in [-0.1, -0.05) is 91.0 Å². The monoisotopic (exact) mass is 996 g/mol. The number of carbonyl (C=O) groups is 5. The Labute approximate surface area is 417 Å². The van der Waals surface area contributed by atoms with Gasteiger partial charge in [0.15, 0.2) is 5.78 Å². The number of carboxylic acid groups (broad SMARTS) is 1. The van der Waals surface area contributed by atoms with Crippen molar-refractivity contribution in [2.45, 2.75) is 195 Å². The molecule has 7 N–H and O–H groups in total. The van der Waals surface area contributed by atoms with E-state index in [1.807, 2.05) is 0 Å². The summed E-state index contributed by atoms with van der Waals surface area (Å²) in [5.41, 5.74) is 8.53. The van der Waals surface area contributed by atoms with Crippen LogP contribution in [0.3, 0.4) is 0 Å². The van der Waals surface area contributed by atoms with Gasteiger partial charge in [-0.15, -0.1) is 0 Å². The van der Waals surface area contributed by atoms with Crippen molar-refractivity contribution in [3.63, 3.8) is 0 Å². The lowest BCUT2D eigenvalue weighted by atomic mass is 9.47. The first-order valence-corrected chi connectivity index (χ1v) is 28.4. The summed E-state index contributed by atoms with van der Waals surface area (Å²) in [5, 5.41) is 15.8. The maximum absolute atomic E-state index is 14.0. The number of unbranched alkanes of at least 4 members (excludes halogenated alkanes) is 1. The van der Waals surface area contributed by atoms with Gasteiger partial charge >= 0.3 is 19.9 Å². The van der Waals surface area contributed by atoms with Crippen LogP contribution in [-0.4, -0.2) is 69.2 Å². The van der Waals surface area contributed by atoms with Crippen LogP contribution in [0.2, 0.25) is 0 Å². The number of hydrogen-bond acceptors (Lipinski definition) is 9. The Morgan fingerprint density at radius 1 is 0.886 bits per heavy atom. The molecule has 4 saturated carbocycles. The molecule has 70 heavy (non-hydrogen) atoms. The van der Waals surface area contributed by atoms with E-state index >= 15 is 0 Å². The van der Waals surface area contributed by atoms with E-state index < -0.39 is 37.6 Å². The molecule has 0 spiro atoms. The molecular weight excluding hydrogens is 910 g/mol. The number of carboxylic acids is 1. The molecule has 6 unspecified atom stereocenters. The first kappa shape index (κ1) is 55.7. The third-order valence-corrected chi connectivity index (χ3v) is 18.7. The molecule has 4 fully saturated rings. The molecule has 14 nitrogen and oxygen atoms in total. The number of nitrogens with two attached hydrogens (primary N) is 1. The minimum absolute atomic E-state index is 0.00285. The number of ether oxygens (including phenoxy) is 1. The fraction of sp³-hybridized carbons (Fsp3) is 0.764. The SMILES string of the molecule is CC(C)CCC[C@@H](C)C1CC[C@H]2[C@@H]3CC=C4CC(OC(=O)NC(Cc5ccc(OP(=O)(O)O)cc5)C(=O)C[C@H](CCCCNC(=O)CCC(=O)C5CCC(C)C(N)C5)C(=O)O)CC[C@]4(C)[C@H]3CC[C@]12C. The molecule has 6 rings (SSSR count). The Morgan fingerprint density at radius 3 is 2.31 bits per heavy atom. The van der Waals surface area contributed by atoms with Gasteiger partial charge in [-0.05, 0) is 153 Å². The number of hydrogen-bond donors (Lipinski definition) is 6. The molecule has 1 aromatic rings. The third-order valence-electron chi connectivity index (χ3n) is 18.2. The van der Waals surface area contributed by atoms with Crippen LogP contribution in [0.15, 0.2) is 35.9 Å². The summed E-state index contributed by atoms with van der Waals surface area (Å²) in [7, 11) is -4.81. The van der Waals surface area contributed by atoms with Gasteiger partial charge in [-0.25, -0.2) is 9.36 Å². The van der Waals surface area contributed by atoms with Crippen molar-refractivity contribution in [3.05, 3.63) is 41.5 Å². The van der Waals surface area contributed by atoms with Gasteiger partial charge in [0.2, 0.25) is 5.91 Å². The number of ketones is 2. The Hall–Kier alpha value is -3.58. The molecule has 0 radical (unpaired) electrons. The molecule has 392 valence electrons. The third kappa shape index (κ3) is 14.6. The molecule has 0 aromatic heterocycles. The molecule has 1 aromatic carbocycles. The molecule has 0 heterocycles. The average Bonchev–Trinajstić information content (AvgIpc) is 3.65. The zero-order valence-electron chi connectivity index (χ0n) is 43.0. The van der Waals surface area contributed by atoms with E-state index in [-0.39, 0.29) is 73.0 Å². The molecular formula is C55H86N3O11P. The Kier molecular flexibility index (Phi) is 19.4. The fourth-order valence-electron chi connectivity index (χ4n) is 14.0. The van der Waals surface area contributed by atoms with Crippen LogP contribution in [0.4, 0.5) is 4.79 Å². The number of fused-ring (bicyclic) bond motifs is 5. The average molecular weight is 996 g/mol. The highest BCUT2D eigenvalue weighted by molar-refractivity contribution is 7.46. The summed E-state index contributed by atoms with van der Waals surface area (Å²) in [6.07, 6.45) is 17.0. The highest BCUT2D eigenvalue weighted by Gasteiger charge is 2.59. The Balaban J connectivity index is 1.02. The Morgan fingerprint density at radius 2 is 1.63 bits per heavy atom. The molecule has 0 aliphatic heterocycles. The molecule has 2 amide bonds. The minimum atomic E-state index is -4.81. The predicted molar refractivity (Wildman–Crippen MR) is 269 cm³/mol. The lowest BCUT2D eigenvalue weighted by molar-refractivity contribution is -0.144. The first-order chi connectivity index (χ1) is 33.1. The zero-order chi connectivity index (χ0) is 51.0. The van der Waals surface area contributed by atoms with Gasteiger partial charge in [0.1, 0.15) is 17.6 Å². The van der Waals surface area contributed by atoms with Gasteiger partial charge < -0.3 is 30.7 Å². The normalized spacial score (nSPS) is 30.9. The number of phosphoric acid groups is 1. The van der Waals surface area contributed by atoms with Crippen LogP contribution < -0.4 is 20.9 Å². The number of amides is 2. The quantitative estimate of drug-likeness (QED) is 0.0323. The van der Waals surface area contributed by atoms with Crippen molar-refractivity contribution in [1.29, 1.82) is 0 Å². The van der Waals surface area contributed by atoms with Crippen molar-refractivity contribution in [2.75, 3.05) is 6.54 Å². The number of carbonyl (C=O) groups excluding carboxylic acids is 4. The number of rotatable bonds is 24. The number of alkyl carbamates (subject to hydrolysis) is 1. The minimum Gasteiger partial charge on any atom is -0.481 e. The predicted octanol–water partition coefficient (Wildman–Crippen LogP) is 10.3. The second-order valence-electron chi connectivity index (χ2n) is 23.4. The summed E-state index contributed by atoms with van der Waals surface area (Å²) >= 11 is 0. The molecule has 0 bridgehead atoms. The summed E-state index contributed by atoms with van der Waals surface area (Å²) in [4.78, 5) is 84.0. The standard InChI is InChI=1S/C55H86N3O11P/c1-34(2)10-9-11-35(3)44-21-22-45-43-20-17-40-33-42(25-27-54(40,5)46(43)26-28-55(44,45)6)68-53(64)58-48(30-37-14-18-41(19-15-37)69-70(65,66)67)50(60)32-39(52(62)63)12-7-8-29-57-51(61)24-23-49(59)38-16-13-36(4)47(56)31-38/h14-15,17-19,34-36,38-39,42-48H,7-13,16,20-33,56H2,1-6H3,(H,57,61)(H,58,64)(H,62,63)(H2,65,66,67)/t35-,36?,38?,39+,42?,43+,44?,45+,46+,47?,48?,54+,55-/m1/s1. The van der Waals surface area contributed by atoms with Crippen LogP contribution in [0.5, 0.6) is 5.75 Å². The number of aliphatic carboxylic acids is 1. The number of phosphoric ester groups is 1. The summed E-state index contributed by atoms with van der Waals surface area (Å²) in [5.74, 6) is 1.64. The number of Topliss-reactive ketones (excluding diaryl/α,β-unsaturated/α-hetero) is 2. The van der Waals surface area contributed by atoms with Crippen molar-refractivity contribution in [2.24, 2.45) is 69.8 Å². The van der Waals surface area contributed by atoms with Gasteiger partial charge in [0.05, 0.1) is 12.0 Å². The van der Waals surface area contributed by atoms with Crippen LogP contribution in [-0.2, 0) is 34.9 Å². The van der Waals surface area contributed by atoms with E-state index in [1.54, 1.807) is 0 Å². The van der Waals surface area contributed by atoms with Gasteiger partial charge in [0, 0.05) is 44.2 Å². The van der Waals surface area contributed by atoms with E-state index in [1.165, 1.54) is 74.8 Å². The van der Waals surface area contributed by atoms with Gasteiger partial charge in [0.25, 0.3) is 0 Å². The van der Waals surface area contributed by atoms with Gasteiger partial charge in [-0.3, -0.25) is 29.0 Å².